The second kappa shape index (κ2) is 9.16. The topological polar surface area (TPSA) is 88.8 Å². The second-order valence-corrected chi connectivity index (χ2v) is 8.39. The monoisotopic (exact) mass is 392 g/mol. The summed E-state index contributed by atoms with van der Waals surface area (Å²) in [5.74, 6) is 0.463. The molecule has 2 heterocycles. The van der Waals surface area contributed by atoms with E-state index in [0.29, 0.717) is 31.7 Å². The van der Waals surface area contributed by atoms with Gasteiger partial charge in [0.05, 0.1) is 17.8 Å². The number of aryl methyl sites for hydroxylation is 1. The number of rotatable bonds is 8. The molecule has 0 aliphatic carbocycles. The van der Waals surface area contributed by atoms with Gasteiger partial charge in [-0.1, -0.05) is 6.42 Å². The van der Waals surface area contributed by atoms with Gasteiger partial charge in [-0.15, -0.1) is 0 Å². The lowest BCUT2D eigenvalue weighted by atomic mass is 10.2. The summed E-state index contributed by atoms with van der Waals surface area (Å²) in [5, 5.41) is 0. The summed E-state index contributed by atoms with van der Waals surface area (Å²) in [6.07, 6.45) is 5.89. The number of hydrogen-bond acceptors (Lipinski definition) is 5. The third-order valence-electron chi connectivity index (χ3n) is 4.48. The lowest BCUT2D eigenvalue weighted by Crippen LogP contribution is -2.35. The van der Waals surface area contributed by atoms with Gasteiger partial charge in [0.1, 0.15) is 5.76 Å². The van der Waals surface area contributed by atoms with Crippen molar-refractivity contribution in [2.75, 3.05) is 19.7 Å². The molecule has 0 unspecified atom stereocenters. The number of nitrogens with one attached hydrogen (secondary N) is 1. The van der Waals surface area contributed by atoms with Crippen molar-refractivity contribution in [1.29, 1.82) is 0 Å². The van der Waals surface area contributed by atoms with Crippen molar-refractivity contribution in [2.24, 2.45) is 0 Å². The van der Waals surface area contributed by atoms with Gasteiger partial charge in [-0.2, -0.15) is 4.31 Å². The molecule has 1 N–H and O–H groups in total. The van der Waals surface area contributed by atoms with E-state index in [9.17, 15) is 13.2 Å². The Bertz CT molecular complexity index is 825. The van der Waals surface area contributed by atoms with Gasteiger partial charge in [0.25, 0.3) is 5.91 Å². The average molecular weight is 392 g/mol. The molecule has 0 radical (unpaired) electrons. The van der Waals surface area contributed by atoms with Crippen molar-refractivity contribution < 1.29 is 22.5 Å². The fourth-order valence-electron chi connectivity index (χ4n) is 2.98. The first-order valence-corrected chi connectivity index (χ1v) is 10.6. The van der Waals surface area contributed by atoms with Gasteiger partial charge in [0.2, 0.25) is 10.0 Å². The Morgan fingerprint density at radius 2 is 1.85 bits per heavy atom. The third kappa shape index (κ3) is 5.18. The number of amides is 1. The Morgan fingerprint density at radius 1 is 1.11 bits per heavy atom. The number of sulfonamides is 1. The zero-order chi connectivity index (χ0) is 19.1. The minimum absolute atomic E-state index is 0.209. The maximum atomic E-state index is 12.6. The van der Waals surface area contributed by atoms with Crippen molar-refractivity contribution >= 4 is 15.9 Å². The van der Waals surface area contributed by atoms with E-state index in [4.69, 9.17) is 9.25 Å². The molecule has 3 rings (SSSR count). The fourth-order valence-corrected chi connectivity index (χ4v) is 4.50. The van der Waals surface area contributed by atoms with Crippen LogP contribution in [0.3, 0.4) is 0 Å². The number of carbonyl (C=O) groups is 1. The van der Waals surface area contributed by atoms with E-state index in [1.165, 1.54) is 28.6 Å². The molecule has 2 aromatic rings. The number of hydrogen-bond donors (Lipinski definition) is 1. The highest BCUT2D eigenvalue weighted by molar-refractivity contribution is 7.89. The minimum Gasteiger partial charge on any atom is -0.469 e. The molecule has 27 heavy (non-hydrogen) atoms. The summed E-state index contributed by atoms with van der Waals surface area (Å²) in [4.78, 5) is 17.5. The number of hydroxylamine groups is 1. The molecule has 146 valence electrons. The normalized spacial score (nSPS) is 15.6. The molecule has 0 saturated carbocycles. The van der Waals surface area contributed by atoms with Crippen molar-refractivity contribution in [2.45, 2.75) is 37.0 Å². The molecular formula is C19H24N2O5S. The highest BCUT2D eigenvalue weighted by Crippen LogP contribution is 2.20. The summed E-state index contributed by atoms with van der Waals surface area (Å²) < 4.78 is 31.9. The molecule has 8 heteroatoms. The van der Waals surface area contributed by atoms with Crippen LogP contribution in [0.5, 0.6) is 0 Å². The van der Waals surface area contributed by atoms with Crippen LogP contribution in [0, 0.1) is 0 Å². The third-order valence-corrected chi connectivity index (χ3v) is 6.40. The van der Waals surface area contributed by atoms with E-state index in [0.717, 1.165) is 31.4 Å². The smallest absolute Gasteiger partial charge is 0.274 e. The zero-order valence-electron chi connectivity index (χ0n) is 15.1. The van der Waals surface area contributed by atoms with E-state index in [1.807, 2.05) is 12.1 Å². The van der Waals surface area contributed by atoms with Crippen molar-refractivity contribution in [3.63, 3.8) is 0 Å². The van der Waals surface area contributed by atoms with Gasteiger partial charge in [-0.05, 0) is 55.7 Å². The molecule has 0 spiro atoms. The molecule has 0 atom stereocenters. The van der Waals surface area contributed by atoms with Gasteiger partial charge in [-0.3, -0.25) is 9.63 Å². The Balaban J connectivity index is 1.48. The predicted octanol–water partition coefficient (Wildman–Crippen LogP) is 2.75. The maximum absolute atomic E-state index is 12.6. The number of carbonyl (C=O) groups excluding carboxylic acids is 1. The Morgan fingerprint density at radius 3 is 2.52 bits per heavy atom. The van der Waals surface area contributed by atoms with Crippen LogP contribution >= 0.6 is 0 Å². The molecule has 1 aromatic heterocycles. The molecule has 1 aliphatic heterocycles. The van der Waals surface area contributed by atoms with Gasteiger partial charge in [0.15, 0.2) is 0 Å². The Hall–Kier alpha value is -2.16. The van der Waals surface area contributed by atoms with Crippen LogP contribution in [0.4, 0.5) is 0 Å². The first-order chi connectivity index (χ1) is 13.1. The average Bonchev–Trinajstić information content (AvgIpc) is 3.22. The Labute approximate surface area is 159 Å². The van der Waals surface area contributed by atoms with E-state index in [1.54, 1.807) is 6.26 Å². The van der Waals surface area contributed by atoms with Crippen LogP contribution in [0.1, 0.15) is 41.8 Å². The molecule has 1 aliphatic rings. The van der Waals surface area contributed by atoms with Crippen molar-refractivity contribution in [3.05, 3.63) is 54.0 Å². The summed E-state index contributed by atoms with van der Waals surface area (Å²) >= 11 is 0. The quantitative estimate of drug-likeness (QED) is 0.551. The molecule has 1 fully saturated rings. The summed E-state index contributed by atoms with van der Waals surface area (Å²) in [6, 6.07) is 9.65. The molecular weight excluding hydrogens is 368 g/mol. The SMILES string of the molecule is O=C(NOCCCc1ccco1)c1ccc(S(=O)(=O)N2CCCCC2)cc1. The van der Waals surface area contributed by atoms with Crippen LogP contribution in [-0.4, -0.2) is 38.3 Å². The number of furan rings is 1. The standard InChI is InChI=1S/C19H24N2O5S/c22-19(20-26-15-5-7-17-6-4-14-25-17)16-8-10-18(11-9-16)27(23,24)21-12-2-1-3-13-21/h4,6,8-11,14H,1-3,5,7,12-13,15H2,(H,20,22). The minimum atomic E-state index is -3.49. The summed E-state index contributed by atoms with van der Waals surface area (Å²) in [5.41, 5.74) is 2.72. The van der Waals surface area contributed by atoms with E-state index < -0.39 is 15.9 Å². The molecule has 1 aromatic carbocycles. The largest absolute Gasteiger partial charge is 0.469 e. The zero-order valence-corrected chi connectivity index (χ0v) is 15.9. The lowest BCUT2D eigenvalue weighted by molar-refractivity contribution is 0.0301. The van der Waals surface area contributed by atoms with E-state index in [2.05, 4.69) is 5.48 Å². The number of benzene rings is 1. The van der Waals surface area contributed by atoms with E-state index in [-0.39, 0.29) is 4.90 Å². The van der Waals surface area contributed by atoms with E-state index >= 15 is 0 Å². The fraction of sp³-hybridized carbons (Fsp3) is 0.421. The number of piperidine rings is 1. The highest BCUT2D eigenvalue weighted by atomic mass is 32.2. The molecule has 1 saturated heterocycles. The molecule has 0 bridgehead atoms. The van der Waals surface area contributed by atoms with Crippen LogP contribution in [0.25, 0.3) is 0 Å². The molecule has 1 amide bonds. The molecule has 7 nitrogen and oxygen atoms in total. The van der Waals surface area contributed by atoms with Gasteiger partial charge in [-0.25, -0.2) is 13.9 Å². The van der Waals surface area contributed by atoms with Crippen LogP contribution < -0.4 is 5.48 Å². The van der Waals surface area contributed by atoms with Crippen molar-refractivity contribution in [3.8, 4) is 0 Å². The number of nitrogens with zero attached hydrogens (tertiary/aromatic N) is 1. The second-order valence-electron chi connectivity index (χ2n) is 6.45. The van der Waals surface area contributed by atoms with Crippen LogP contribution in [-0.2, 0) is 21.3 Å². The van der Waals surface area contributed by atoms with Crippen LogP contribution in [0.2, 0.25) is 0 Å². The van der Waals surface area contributed by atoms with Gasteiger partial charge in [0, 0.05) is 25.1 Å². The van der Waals surface area contributed by atoms with Gasteiger partial charge < -0.3 is 4.42 Å². The predicted molar refractivity (Wildman–Crippen MR) is 99.5 cm³/mol. The first kappa shape index (κ1) is 19.6. The van der Waals surface area contributed by atoms with Crippen molar-refractivity contribution in [1.82, 2.24) is 9.79 Å². The summed E-state index contributed by atoms with van der Waals surface area (Å²) in [6.45, 7) is 1.46. The first-order valence-electron chi connectivity index (χ1n) is 9.12. The van der Waals surface area contributed by atoms with Gasteiger partial charge >= 0.3 is 0 Å². The highest BCUT2D eigenvalue weighted by Gasteiger charge is 2.25. The Kier molecular flexibility index (Phi) is 6.65. The summed E-state index contributed by atoms with van der Waals surface area (Å²) in [7, 11) is -3.49. The lowest BCUT2D eigenvalue weighted by Gasteiger charge is -2.25. The maximum Gasteiger partial charge on any atom is 0.274 e. The van der Waals surface area contributed by atoms with Crippen LogP contribution in [0.15, 0.2) is 52.0 Å².